The standard InChI is InChI=1S/C15H20N4O/c1-17(2)11-8-9-19(10-11)15(20)14-12-6-4-5-7-13(12)18(3)16-14/h4-7,11H,8-10H2,1-3H3. The summed E-state index contributed by atoms with van der Waals surface area (Å²) >= 11 is 0. The molecule has 0 spiro atoms. The fourth-order valence-electron chi connectivity index (χ4n) is 2.87. The van der Waals surface area contributed by atoms with Crippen LogP contribution >= 0.6 is 0 Å². The van der Waals surface area contributed by atoms with Crippen molar-refractivity contribution in [1.29, 1.82) is 0 Å². The first-order valence-corrected chi connectivity index (χ1v) is 6.95. The van der Waals surface area contributed by atoms with Crippen molar-refractivity contribution in [3.8, 4) is 0 Å². The van der Waals surface area contributed by atoms with E-state index in [0.717, 1.165) is 30.4 Å². The molecule has 106 valence electrons. The largest absolute Gasteiger partial charge is 0.336 e. The van der Waals surface area contributed by atoms with Crippen LogP contribution in [-0.2, 0) is 7.05 Å². The Morgan fingerprint density at radius 2 is 2.10 bits per heavy atom. The second kappa shape index (κ2) is 4.90. The number of amides is 1. The average Bonchev–Trinajstić information content (AvgIpc) is 3.04. The minimum absolute atomic E-state index is 0.0474. The Morgan fingerprint density at radius 1 is 1.35 bits per heavy atom. The third kappa shape index (κ3) is 2.08. The Hall–Kier alpha value is -1.88. The zero-order chi connectivity index (χ0) is 14.3. The van der Waals surface area contributed by atoms with Crippen LogP contribution in [0.4, 0.5) is 0 Å². The first-order valence-electron chi connectivity index (χ1n) is 6.95. The van der Waals surface area contributed by atoms with Crippen molar-refractivity contribution in [2.24, 2.45) is 7.05 Å². The van der Waals surface area contributed by atoms with Crippen LogP contribution in [0.1, 0.15) is 16.9 Å². The number of carbonyl (C=O) groups excluding carboxylic acids is 1. The summed E-state index contributed by atoms with van der Waals surface area (Å²) in [6, 6.07) is 8.33. The summed E-state index contributed by atoms with van der Waals surface area (Å²) in [6.45, 7) is 1.60. The predicted molar refractivity (Wildman–Crippen MR) is 78.7 cm³/mol. The van der Waals surface area contributed by atoms with Crippen molar-refractivity contribution < 1.29 is 4.79 Å². The highest BCUT2D eigenvalue weighted by atomic mass is 16.2. The van der Waals surface area contributed by atoms with Gasteiger partial charge in [-0.05, 0) is 26.6 Å². The fourth-order valence-corrected chi connectivity index (χ4v) is 2.87. The summed E-state index contributed by atoms with van der Waals surface area (Å²) < 4.78 is 1.78. The maximum absolute atomic E-state index is 12.7. The molecular weight excluding hydrogens is 252 g/mol. The van der Waals surface area contributed by atoms with Gasteiger partial charge in [0.05, 0.1) is 5.52 Å². The molecule has 1 amide bonds. The van der Waals surface area contributed by atoms with Crippen LogP contribution in [0.3, 0.4) is 0 Å². The molecule has 1 fully saturated rings. The molecule has 1 aromatic heterocycles. The van der Waals surface area contributed by atoms with Gasteiger partial charge in [0.1, 0.15) is 0 Å². The van der Waals surface area contributed by atoms with Crippen LogP contribution in [0.5, 0.6) is 0 Å². The molecule has 3 rings (SSSR count). The maximum atomic E-state index is 12.7. The quantitative estimate of drug-likeness (QED) is 0.828. The van der Waals surface area contributed by atoms with Gasteiger partial charge in [0.2, 0.25) is 0 Å². The van der Waals surface area contributed by atoms with Gasteiger partial charge in [-0.3, -0.25) is 9.48 Å². The van der Waals surface area contributed by atoms with E-state index in [9.17, 15) is 4.79 Å². The lowest BCUT2D eigenvalue weighted by atomic mass is 10.2. The molecule has 20 heavy (non-hydrogen) atoms. The number of carbonyl (C=O) groups is 1. The monoisotopic (exact) mass is 272 g/mol. The van der Waals surface area contributed by atoms with Gasteiger partial charge in [0.15, 0.2) is 5.69 Å². The number of hydrogen-bond donors (Lipinski definition) is 0. The summed E-state index contributed by atoms with van der Waals surface area (Å²) in [6.07, 6.45) is 1.03. The van der Waals surface area contributed by atoms with E-state index in [1.165, 1.54) is 0 Å². The van der Waals surface area contributed by atoms with Gasteiger partial charge in [-0.1, -0.05) is 18.2 Å². The Morgan fingerprint density at radius 3 is 2.80 bits per heavy atom. The normalized spacial score (nSPS) is 19.2. The van der Waals surface area contributed by atoms with Crippen molar-refractivity contribution in [2.45, 2.75) is 12.5 Å². The molecule has 1 unspecified atom stereocenters. The highest BCUT2D eigenvalue weighted by molar-refractivity contribution is 6.04. The SMILES string of the molecule is CN(C)C1CCN(C(=O)c2nn(C)c3ccccc23)C1. The average molecular weight is 272 g/mol. The summed E-state index contributed by atoms with van der Waals surface area (Å²) in [5.41, 5.74) is 1.57. The molecule has 0 saturated carbocycles. The van der Waals surface area contributed by atoms with Crippen LogP contribution < -0.4 is 0 Å². The van der Waals surface area contributed by atoms with Crippen molar-refractivity contribution in [3.63, 3.8) is 0 Å². The van der Waals surface area contributed by atoms with Crippen LogP contribution in [0.25, 0.3) is 10.9 Å². The van der Waals surface area contributed by atoms with Gasteiger partial charge in [-0.15, -0.1) is 0 Å². The number of aryl methyl sites for hydroxylation is 1. The fraction of sp³-hybridized carbons (Fsp3) is 0.467. The molecule has 1 aliphatic rings. The number of fused-ring (bicyclic) bond motifs is 1. The Bertz CT molecular complexity index is 646. The molecule has 5 heteroatoms. The molecular formula is C15H20N4O. The number of nitrogens with zero attached hydrogens (tertiary/aromatic N) is 4. The molecule has 2 aromatic rings. The predicted octanol–water partition coefficient (Wildman–Crippen LogP) is 1.35. The molecule has 0 aliphatic carbocycles. The highest BCUT2D eigenvalue weighted by Crippen LogP contribution is 2.21. The number of likely N-dealkylation sites (tertiary alicyclic amines) is 1. The minimum Gasteiger partial charge on any atom is -0.336 e. The zero-order valence-corrected chi connectivity index (χ0v) is 12.2. The van der Waals surface area contributed by atoms with E-state index in [-0.39, 0.29) is 5.91 Å². The van der Waals surface area contributed by atoms with Gasteiger partial charge >= 0.3 is 0 Å². The number of para-hydroxylation sites is 1. The molecule has 1 aliphatic heterocycles. The van der Waals surface area contributed by atoms with Crippen molar-refractivity contribution in [1.82, 2.24) is 19.6 Å². The highest BCUT2D eigenvalue weighted by Gasteiger charge is 2.30. The Kier molecular flexibility index (Phi) is 3.22. The third-order valence-corrected chi connectivity index (χ3v) is 4.14. The summed E-state index contributed by atoms with van der Waals surface area (Å²) in [4.78, 5) is 16.8. The molecule has 0 bridgehead atoms. The van der Waals surface area contributed by atoms with Gasteiger partial charge in [0, 0.05) is 31.6 Å². The Balaban J connectivity index is 1.90. The second-order valence-corrected chi connectivity index (χ2v) is 5.65. The van der Waals surface area contributed by atoms with Gasteiger partial charge < -0.3 is 9.80 Å². The van der Waals surface area contributed by atoms with Crippen molar-refractivity contribution in [3.05, 3.63) is 30.0 Å². The molecule has 0 radical (unpaired) electrons. The van der Waals surface area contributed by atoms with Gasteiger partial charge in [-0.2, -0.15) is 5.10 Å². The summed E-state index contributed by atoms with van der Waals surface area (Å²) in [5, 5.41) is 5.35. The number of hydrogen-bond acceptors (Lipinski definition) is 3. The van der Waals surface area contributed by atoms with E-state index < -0.39 is 0 Å². The summed E-state index contributed by atoms with van der Waals surface area (Å²) in [7, 11) is 6.01. The van der Waals surface area contributed by atoms with Crippen LogP contribution in [0.2, 0.25) is 0 Å². The number of benzene rings is 1. The summed E-state index contributed by atoms with van der Waals surface area (Å²) in [5.74, 6) is 0.0474. The first kappa shape index (κ1) is 13.1. The van der Waals surface area contributed by atoms with Crippen LogP contribution in [-0.4, -0.2) is 58.7 Å². The lowest BCUT2D eigenvalue weighted by Crippen LogP contribution is -2.34. The topological polar surface area (TPSA) is 41.4 Å². The van der Waals surface area contributed by atoms with Crippen molar-refractivity contribution >= 4 is 16.8 Å². The van der Waals surface area contributed by atoms with E-state index in [0.29, 0.717) is 11.7 Å². The van der Waals surface area contributed by atoms with E-state index in [1.807, 2.05) is 36.2 Å². The zero-order valence-electron chi connectivity index (χ0n) is 12.2. The van der Waals surface area contributed by atoms with Gasteiger partial charge in [-0.25, -0.2) is 0 Å². The number of likely N-dealkylation sites (N-methyl/N-ethyl adjacent to an activating group) is 1. The van der Waals surface area contributed by atoms with E-state index in [1.54, 1.807) is 4.68 Å². The third-order valence-electron chi connectivity index (χ3n) is 4.14. The first-order chi connectivity index (χ1) is 9.58. The number of rotatable bonds is 2. The van der Waals surface area contributed by atoms with Gasteiger partial charge in [0.25, 0.3) is 5.91 Å². The van der Waals surface area contributed by atoms with E-state index in [2.05, 4.69) is 24.1 Å². The molecule has 1 atom stereocenters. The second-order valence-electron chi connectivity index (χ2n) is 5.65. The molecule has 1 aromatic carbocycles. The van der Waals surface area contributed by atoms with Crippen LogP contribution in [0, 0.1) is 0 Å². The minimum atomic E-state index is 0.0474. The maximum Gasteiger partial charge on any atom is 0.275 e. The lowest BCUT2D eigenvalue weighted by Gasteiger charge is -2.19. The Labute approximate surface area is 118 Å². The molecule has 5 nitrogen and oxygen atoms in total. The van der Waals surface area contributed by atoms with E-state index >= 15 is 0 Å². The number of aromatic nitrogens is 2. The van der Waals surface area contributed by atoms with Crippen molar-refractivity contribution in [2.75, 3.05) is 27.2 Å². The molecule has 0 N–H and O–H groups in total. The lowest BCUT2D eigenvalue weighted by molar-refractivity contribution is 0.0778. The molecule has 2 heterocycles. The van der Waals surface area contributed by atoms with Crippen LogP contribution in [0.15, 0.2) is 24.3 Å². The smallest absolute Gasteiger partial charge is 0.275 e. The van der Waals surface area contributed by atoms with E-state index in [4.69, 9.17) is 0 Å². The molecule has 1 saturated heterocycles.